The highest BCUT2D eigenvalue weighted by Crippen LogP contribution is 2.14. The smallest absolute Gasteiger partial charge is 0.240 e. The fourth-order valence-corrected chi connectivity index (χ4v) is 3.82. The van der Waals surface area contributed by atoms with Gasteiger partial charge in [0.1, 0.15) is 0 Å². The first-order chi connectivity index (χ1) is 12.2. The third-order valence-electron chi connectivity index (χ3n) is 3.41. The van der Waals surface area contributed by atoms with Crippen molar-refractivity contribution < 1.29 is 21.6 Å². The molecule has 0 aliphatic rings. The van der Waals surface area contributed by atoms with Crippen LogP contribution in [0.2, 0.25) is 0 Å². The Labute approximate surface area is 152 Å². The molecule has 2 rings (SSSR count). The highest BCUT2D eigenvalue weighted by Gasteiger charge is 2.14. The highest BCUT2D eigenvalue weighted by atomic mass is 32.2. The van der Waals surface area contributed by atoms with E-state index in [0.717, 1.165) is 0 Å². The predicted octanol–water partition coefficient (Wildman–Crippen LogP) is 0.902. The second-order valence-electron chi connectivity index (χ2n) is 5.24. The van der Waals surface area contributed by atoms with Gasteiger partial charge in [0.25, 0.3) is 0 Å². The van der Waals surface area contributed by atoms with Gasteiger partial charge >= 0.3 is 0 Å². The molecule has 0 unspecified atom stereocenters. The van der Waals surface area contributed by atoms with Crippen LogP contribution < -0.4 is 14.8 Å². The quantitative estimate of drug-likeness (QED) is 0.611. The number of hydrogen-bond donors (Lipinski definition) is 3. The number of amides is 1. The number of benzene rings is 2. The zero-order chi connectivity index (χ0) is 19.2. The van der Waals surface area contributed by atoms with E-state index in [2.05, 4.69) is 14.8 Å². The lowest BCUT2D eigenvalue weighted by molar-refractivity contribution is -0.116. The number of carbonyl (C=O) groups excluding carboxylic acids is 1. The van der Waals surface area contributed by atoms with Crippen molar-refractivity contribution in [1.82, 2.24) is 9.44 Å². The van der Waals surface area contributed by atoms with Crippen LogP contribution in [0.15, 0.2) is 64.4 Å². The molecular formula is C16H19N3O5S2. The van der Waals surface area contributed by atoms with Crippen molar-refractivity contribution in [3.8, 4) is 0 Å². The molecule has 0 fully saturated rings. The number of rotatable bonds is 8. The van der Waals surface area contributed by atoms with Gasteiger partial charge in [0.2, 0.25) is 26.0 Å². The average Bonchev–Trinajstić information content (AvgIpc) is 2.63. The molecule has 26 heavy (non-hydrogen) atoms. The summed E-state index contributed by atoms with van der Waals surface area (Å²) >= 11 is 0. The number of nitrogens with one attached hydrogen (secondary N) is 3. The Kier molecular flexibility index (Phi) is 6.48. The molecule has 2 aromatic carbocycles. The molecule has 140 valence electrons. The van der Waals surface area contributed by atoms with Gasteiger partial charge in [-0.05, 0) is 43.4 Å². The van der Waals surface area contributed by atoms with Crippen LogP contribution in [0, 0.1) is 0 Å². The van der Waals surface area contributed by atoms with Crippen LogP contribution in [0.25, 0.3) is 0 Å². The molecule has 0 aromatic heterocycles. The third kappa shape index (κ3) is 5.36. The van der Waals surface area contributed by atoms with E-state index in [0.29, 0.717) is 5.69 Å². The first-order valence-electron chi connectivity index (χ1n) is 7.63. The topological polar surface area (TPSA) is 121 Å². The van der Waals surface area contributed by atoms with Gasteiger partial charge in [-0.1, -0.05) is 18.2 Å². The lowest BCUT2D eigenvalue weighted by Gasteiger charge is -2.08. The van der Waals surface area contributed by atoms with Gasteiger partial charge < -0.3 is 5.32 Å². The third-order valence-corrected chi connectivity index (χ3v) is 6.32. The summed E-state index contributed by atoms with van der Waals surface area (Å²) in [6.07, 6.45) is -0.0668. The van der Waals surface area contributed by atoms with Crippen molar-refractivity contribution in [2.75, 3.05) is 18.9 Å². The van der Waals surface area contributed by atoms with Crippen LogP contribution in [-0.4, -0.2) is 36.3 Å². The standard InChI is InChI=1S/C16H19N3O5S2/c1-17-25(21,22)15-9-7-13(8-10-15)19-16(20)11-12-18-26(23,24)14-5-3-2-4-6-14/h2-10,17-18H,11-12H2,1H3,(H,19,20). The first kappa shape index (κ1) is 20.0. The van der Waals surface area contributed by atoms with Gasteiger partial charge in [0.15, 0.2) is 0 Å². The van der Waals surface area contributed by atoms with E-state index in [4.69, 9.17) is 0 Å². The fraction of sp³-hybridized carbons (Fsp3) is 0.188. The van der Waals surface area contributed by atoms with Crippen LogP contribution >= 0.6 is 0 Å². The van der Waals surface area contributed by atoms with E-state index in [9.17, 15) is 21.6 Å². The van der Waals surface area contributed by atoms with Crippen LogP contribution in [0.1, 0.15) is 6.42 Å². The van der Waals surface area contributed by atoms with Crippen LogP contribution in [0.4, 0.5) is 5.69 Å². The monoisotopic (exact) mass is 397 g/mol. The second-order valence-corrected chi connectivity index (χ2v) is 8.89. The summed E-state index contributed by atoms with van der Waals surface area (Å²) in [6.45, 7) is -0.0602. The molecule has 0 bridgehead atoms. The summed E-state index contributed by atoms with van der Waals surface area (Å²) < 4.78 is 51.8. The van der Waals surface area contributed by atoms with Crippen LogP contribution in [0.3, 0.4) is 0 Å². The van der Waals surface area contributed by atoms with Crippen molar-refractivity contribution >= 4 is 31.6 Å². The number of sulfonamides is 2. The molecule has 0 saturated carbocycles. The van der Waals surface area contributed by atoms with Gasteiger partial charge in [-0.25, -0.2) is 26.3 Å². The molecule has 0 atom stereocenters. The molecule has 0 aliphatic heterocycles. The molecular weight excluding hydrogens is 378 g/mol. The van der Waals surface area contributed by atoms with Crippen molar-refractivity contribution in [3.63, 3.8) is 0 Å². The van der Waals surface area contributed by atoms with E-state index in [-0.39, 0.29) is 22.8 Å². The fourth-order valence-electron chi connectivity index (χ4n) is 2.04. The van der Waals surface area contributed by atoms with E-state index in [1.54, 1.807) is 18.2 Å². The zero-order valence-electron chi connectivity index (χ0n) is 14.0. The molecule has 0 heterocycles. The van der Waals surface area contributed by atoms with Crippen molar-refractivity contribution in [1.29, 1.82) is 0 Å². The minimum atomic E-state index is -3.66. The largest absolute Gasteiger partial charge is 0.326 e. The lowest BCUT2D eigenvalue weighted by Crippen LogP contribution is -2.27. The Hall–Kier alpha value is -2.27. The Morgan fingerprint density at radius 1 is 0.846 bits per heavy atom. The van der Waals surface area contributed by atoms with Crippen molar-refractivity contribution in [2.24, 2.45) is 0 Å². The van der Waals surface area contributed by atoms with Gasteiger partial charge in [-0.2, -0.15) is 0 Å². The van der Waals surface area contributed by atoms with Gasteiger partial charge in [0, 0.05) is 18.7 Å². The number of anilines is 1. The summed E-state index contributed by atoms with van der Waals surface area (Å²) in [6, 6.07) is 13.5. The first-order valence-corrected chi connectivity index (χ1v) is 10.6. The molecule has 10 heteroatoms. The van der Waals surface area contributed by atoms with Gasteiger partial charge in [-0.3, -0.25) is 4.79 Å². The van der Waals surface area contributed by atoms with Gasteiger partial charge in [-0.15, -0.1) is 0 Å². The Morgan fingerprint density at radius 3 is 2.00 bits per heavy atom. The molecule has 0 spiro atoms. The van der Waals surface area contributed by atoms with Crippen LogP contribution in [-0.2, 0) is 24.8 Å². The minimum absolute atomic E-state index is 0.0602. The minimum Gasteiger partial charge on any atom is -0.326 e. The zero-order valence-corrected chi connectivity index (χ0v) is 15.6. The van der Waals surface area contributed by atoms with E-state index in [1.165, 1.54) is 43.4 Å². The summed E-state index contributed by atoms with van der Waals surface area (Å²) in [5.74, 6) is -0.398. The predicted molar refractivity (Wildman–Crippen MR) is 97.6 cm³/mol. The maximum atomic E-state index is 12.0. The van der Waals surface area contributed by atoms with E-state index in [1.807, 2.05) is 0 Å². The maximum absolute atomic E-state index is 12.0. The van der Waals surface area contributed by atoms with Crippen molar-refractivity contribution in [3.05, 3.63) is 54.6 Å². The van der Waals surface area contributed by atoms with Crippen LogP contribution in [0.5, 0.6) is 0 Å². The molecule has 0 aliphatic carbocycles. The second kappa shape index (κ2) is 8.41. The molecule has 3 N–H and O–H groups in total. The SMILES string of the molecule is CNS(=O)(=O)c1ccc(NC(=O)CCNS(=O)(=O)c2ccccc2)cc1. The normalized spacial score (nSPS) is 11.9. The van der Waals surface area contributed by atoms with E-state index >= 15 is 0 Å². The Bertz CT molecular complexity index is 957. The summed E-state index contributed by atoms with van der Waals surface area (Å²) in [4.78, 5) is 12.1. The average molecular weight is 397 g/mol. The molecule has 0 radical (unpaired) electrons. The van der Waals surface area contributed by atoms with E-state index < -0.39 is 26.0 Å². The Balaban J connectivity index is 1.88. The van der Waals surface area contributed by atoms with Gasteiger partial charge in [0.05, 0.1) is 9.79 Å². The maximum Gasteiger partial charge on any atom is 0.240 e. The summed E-state index contributed by atoms with van der Waals surface area (Å²) in [5.41, 5.74) is 0.413. The number of carbonyl (C=O) groups is 1. The number of hydrogen-bond acceptors (Lipinski definition) is 5. The summed E-state index contributed by atoms with van der Waals surface area (Å²) in [5, 5.41) is 2.58. The molecule has 0 saturated heterocycles. The summed E-state index contributed by atoms with van der Waals surface area (Å²) in [7, 11) is -5.89. The molecule has 2 aromatic rings. The Morgan fingerprint density at radius 2 is 1.42 bits per heavy atom. The molecule has 8 nitrogen and oxygen atoms in total. The molecule has 1 amide bonds. The lowest BCUT2D eigenvalue weighted by atomic mass is 10.3. The van der Waals surface area contributed by atoms with Crippen molar-refractivity contribution in [2.45, 2.75) is 16.2 Å². The highest BCUT2D eigenvalue weighted by molar-refractivity contribution is 7.89.